The molecule has 0 radical (unpaired) electrons. The number of ether oxygens (including phenoxy) is 1. The summed E-state index contributed by atoms with van der Waals surface area (Å²) in [7, 11) is 0. The Morgan fingerprint density at radius 1 is 1.15 bits per heavy atom. The van der Waals surface area contributed by atoms with Gasteiger partial charge < -0.3 is 15.4 Å². The molecule has 0 atom stereocenters. The Labute approximate surface area is 165 Å². The van der Waals surface area contributed by atoms with Gasteiger partial charge in [-0.3, -0.25) is 4.90 Å². The fourth-order valence-electron chi connectivity index (χ4n) is 2.97. The number of hydrogen-bond donors (Lipinski definition) is 2. The van der Waals surface area contributed by atoms with Gasteiger partial charge in [0, 0.05) is 19.6 Å². The fraction of sp³-hybridized carbons (Fsp3) is 0.500. The van der Waals surface area contributed by atoms with Gasteiger partial charge in [-0.2, -0.15) is 0 Å². The zero-order valence-electron chi connectivity index (χ0n) is 16.0. The number of anilines is 2. The number of aromatic nitrogens is 2. The van der Waals surface area contributed by atoms with Gasteiger partial charge in [0.1, 0.15) is 12.4 Å². The van der Waals surface area contributed by atoms with Crippen LogP contribution >= 0.6 is 11.3 Å². The van der Waals surface area contributed by atoms with Gasteiger partial charge in [0.25, 0.3) is 0 Å². The van der Waals surface area contributed by atoms with Crippen molar-refractivity contribution in [3.63, 3.8) is 0 Å². The molecule has 27 heavy (non-hydrogen) atoms. The monoisotopic (exact) mass is 387 g/mol. The lowest BCUT2D eigenvalue weighted by Crippen LogP contribution is -2.18. The average molecular weight is 388 g/mol. The minimum Gasteiger partial charge on any atom is -0.490 e. The quantitative estimate of drug-likeness (QED) is 0.568. The molecule has 0 bridgehead atoms. The average Bonchev–Trinajstić information content (AvgIpc) is 3.35. The predicted octanol–water partition coefficient (Wildman–Crippen LogP) is 4.00. The summed E-state index contributed by atoms with van der Waals surface area (Å²) >= 11 is 1.53. The van der Waals surface area contributed by atoms with Crippen LogP contribution in [0.2, 0.25) is 0 Å². The number of rotatable bonds is 11. The van der Waals surface area contributed by atoms with E-state index in [-0.39, 0.29) is 0 Å². The molecule has 7 heteroatoms. The van der Waals surface area contributed by atoms with Crippen molar-refractivity contribution >= 4 is 21.6 Å². The van der Waals surface area contributed by atoms with Crippen LogP contribution in [0.5, 0.6) is 5.75 Å². The molecule has 2 N–H and O–H groups in total. The summed E-state index contributed by atoms with van der Waals surface area (Å²) in [5.41, 5.74) is 1.32. The molecule has 1 saturated heterocycles. The minimum absolute atomic E-state index is 0.564. The van der Waals surface area contributed by atoms with Crippen LogP contribution in [0.25, 0.3) is 0 Å². The van der Waals surface area contributed by atoms with E-state index in [1.807, 2.05) is 12.1 Å². The number of nitrogens with one attached hydrogen (secondary N) is 2. The summed E-state index contributed by atoms with van der Waals surface area (Å²) in [5, 5.41) is 16.4. The van der Waals surface area contributed by atoms with Crippen LogP contribution in [0.1, 0.15) is 31.7 Å². The molecule has 2 heterocycles. The Morgan fingerprint density at radius 3 is 2.78 bits per heavy atom. The van der Waals surface area contributed by atoms with E-state index in [0.29, 0.717) is 13.2 Å². The summed E-state index contributed by atoms with van der Waals surface area (Å²) in [5.74, 6) is 0.931. The second-order valence-corrected chi connectivity index (χ2v) is 7.61. The summed E-state index contributed by atoms with van der Waals surface area (Å²) in [6.45, 7) is 7.77. The molecular weight excluding hydrogens is 358 g/mol. The Hall–Kier alpha value is -2.12. The van der Waals surface area contributed by atoms with Gasteiger partial charge in [-0.25, -0.2) is 0 Å². The van der Waals surface area contributed by atoms with Crippen LogP contribution in [-0.2, 0) is 6.54 Å². The number of benzene rings is 1. The van der Waals surface area contributed by atoms with E-state index in [0.717, 1.165) is 35.5 Å². The third-order valence-electron chi connectivity index (χ3n) is 4.34. The van der Waals surface area contributed by atoms with Gasteiger partial charge in [0.2, 0.25) is 10.3 Å². The molecule has 1 aliphatic heterocycles. The Morgan fingerprint density at radius 2 is 1.96 bits per heavy atom. The topological polar surface area (TPSA) is 62.3 Å². The van der Waals surface area contributed by atoms with Crippen molar-refractivity contribution in [3.05, 3.63) is 42.0 Å². The first kappa shape index (κ1) is 19.6. The molecule has 1 aromatic heterocycles. The van der Waals surface area contributed by atoms with Gasteiger partial charge in [-0.1, -0.05) is 36.5 Å². The standard InChI is InChI=1S/C20H29N5OS/c1-2-10-21-19-23-24-20(27-19)22-11-3-6-14-26-18-9-7-8-17(15-18)16-25-12-4-5-13-25/h3,6-9,15H,2,4-5,10-14,16H2,1H3,(H,21,23)(H,22,24)/b6-3+. The van der Waals surface area contributed by atoms with Crippen LogP contribution in [0, 0.1) is 0 Å². The van der Waals surface area contributed by atoms with Crippen molar-refractivity contribution in [2.45, 2.75) is 32.7 Å². The van der Waals surface area contributed by atoms with E-state index in [1.165, 1.54) is 42.8 Å². The van der Waals surface area contributed by atoms with Gasteiger partial charge in [0.05, 0.1) is 0 Å². The van der Waals surface area contributed by atoms with Gasteiger partial charge in [-0.05, 0) is 56.1 Å². The molecule has 6 nitrogen and oxygen atoms in total. The third-order valence-corrected chi connectivity index (χ3v) is 5.18. The van der Waals surface area contributed by atoms with Gasteiger partial charge >= 0.3 is 0 Å². The lowest BCUT2D eigenvalue weighted by atomic mass is 10.2. The van der Waals surface area contributed by atoms with Crippen LogP contribution in [0.4, 0.5) is 10.3 Å². The zero-order valence-corrected chi connectivity index (χ0v) is 16.8. The maximum absolute atomic E-state index is 5.84. The van der Waals surface area contributed by atoms with Crippen molar-refractivity contribution in [2.24, 2.45) is 0 Å². The van der Waals surface area contributed by atoms with Crippen molar-refractivity contribution in [1.82, 2.24) is 15.1 Å². The Balaban J connectivity index is 1.35. The third kappa shape index (κ3) is 6.84. The molecule has 0 aliphatic carbocycles. The molecule has 1 aromatic carbocycles. The Kier molecular flexibility index (Phi) is 7.92. The molecule has 0 amide bonds. The molecule has 146 valence electrons. The van der Waals surface area contributed by atoms with E-state index in [9.17, 15) is 0 Å². The predicted molar refractivity (Wildman–Crippen MR) is 113 cm³/mol. The van der Waals surface area contributed by atoms with E-state index in [2.05, 4.69) is 56.9 Å². The highest BCUT2D eigenvalue weighted by atomic mass is 32.1. The van der Waals surface area contributed by atoms with Crippen LogP contribution in [0.3, 0.4) is 0 Å². The van der Waals surface area contributed by atoms with E-state index >= 15 is 0 Å². The van der Waals surface area contributed by atoms with Gasteiger partial charge in [-0.15, -0.1) is 10.2 Å². The molecule has 1 aliphatic rings. The fourth-order valence-corrected chi connectivity index (χ4v) is 3.65. The summed E-state index contributed by atoms with van der Waals surface area (Å²) in [6, 6.07) is 8.42. The largest absolute Gasteiger partial charge is 0.490 e. The van der Waals surface area contributed by atoms with Gasteiger partial charge in [0.15, 0.2) is 0 Å². The van der Waals surface area contributed by atoms with Crippen molar-refractivity contribution in [2.75, 3.05) is 43.4 Å². The first-order chi connectivity index (χ1) is 13.3. The lowest BCUT2D eigenvalue weighted by molar-refractivity contribution is 0.328. The molecule has 0 saturated carbocycles. The minimum atomic E-state index is 0.564. The van der Waals surface area contributed by atoms with Crippen LogP contribution in [-0.4, -0.2) is 47.9 Å². The first-order valence-electron chi connectivity index (χ1n) is 9.74. The van der Waals surface area contributed by atoms with Crippen molar-refractivity contribution in [3.8, 4) is 5.75 Å². The normalized spacial score (nSPS) is 14.7. The highest BCUT2D eigenvalue weighted by molar-refractivity contribution is 7.19. The zero-order chi connectivity index (χ0) is 18.7. The maximum Gasteiger partial charge on any atom is 0.207 e. The molecule has 0 unspecified atom stereocenters. The van der Waals surface area contributed by atoms with Crippen LogP contribution in [0.15, 0.2) is 36.4 Å². The number of hydrogen-bond acceptors (Lipinski definition) is 7. The van der Waals surface area contributed by atoms with E-state index in [4.69, 9.17) is 4.74 Å². The van der Waals surface area contributed by atoms with E-state index < -0.39 is 0 Å². The SMILES string of the molecule is CCCNc1nnc(NC/C=C/COc2cccc(CN3CCCC3)c2)s1. The molecule has 2 aromatic rings. The second-order valence-electron chi connectivity index (χ2n) is 6.63. The molecule has 1 fully saturated rings. The van der Waals surface area contributed by atoms with Crippen molar-refractivity contribution < 1.29 is 4.74 Å². The smallest absolute Gasteiger partial charge is 0.207 e. The molecular formula is C20H29N5OS. The van der Waals surface area contributed by atoms with E-state index in [1.54, 1.807) is 0 Å². The van der Waals surface area contributed by atoms with Crippen LogP contribution < -0.4 is 15.4 Å². The number of likely N-dealkylation sites (tertiary alicyclic amines) is 1. The lowest BCUT2D eigenvalue weighted by Gasteiger charge is -2.15. The summed E-state index contributed by atoms with van der Waals surface area (Å²) < 4.78 is 5.84. The maximum atomic E-state index is 5.84. The Bertz CT molecular complexity index is 712. The summed E-state index contributed by atoms with van der Waals surface area (Å²) in [6.07, 6.45) is 7.80. The highest BCUT2D eigenvalue weighted by Gasteiger charge is 2.11. The molecule has 0 spiro atoms. The first-order valence-corrected chi connectivity index (χ1v) is 10.6. The highest BCUT2D eigenvalue weighted by Crippen LogP contribution is 2.19. The molecule has 3 rings (SSSR count). The van der Waals surface area contributed by atoms with Crippen molar-refractivity contribution in [1.29, 1.82) is 0 Å². The second kappa shape index (κ2) is 10.9. The summed E-state index contributed by atoms with van der Waals surface area (Å²) in [4.78, 5) is 2.50. The number of nitrogens with zero attached hydrogens (tertiary/aromatic N) is 3.